The highest BCUT2D eigenvalue weighted by molar-refractivity contribution is 6.30. The summed E-state index contributed by atoms with van der Waals surface area (Å²) in [6, 6.07) is 0. The Morgan fingerprint density at radius 1 is 1.35 bits per heavy atom. The molecule has 0 saturated carbocycles. The Morgan fingerprint density at radius 2 is 2.12 bits per heavy atom. The molecule has 0 N–H and O–H groups in total. The van der Waals surface area contributed by atoms with Crippen molar-refractivity contribution in [1.82, 2.24) is 9.55 Å². The number of hydrogen-bond donors (Lipinski definition) is 0. The molecule has 0 unspecified atom stereocenters. The number of hydrogen-bond acceptors (Lipinski definition) is 5. The smallest absolute Gasteiger partial charge is 0.297 e. The van der Waals surface area contributed by atoms with Crippen LogP contribution < -0.4 is 10.3 Å². The quantitative estimate of drug-likeness (QED) is 0.531. The average Bonchev–Trinajstić information content (AvgIpc) is 2.32. The first-order valence-corrected chi connectivity index (χ1v) is 5.44. The first-order chi connectivity index (χ1) is 8.20. The summed E-state index contributed by atoms with van der Waals surface area (Å²) in [7, 11) is 2.98. The van der Waals surface area contributed by atoms with Crippen LogP contribution >= 0.6 is 11.6 Å². The molecule has 17 heavy (non-hydrogen) atoms. The molecule has 96 valence electrons. The van der Waals surface area contributed by atoms with Crippen molar-refractivity contribution >= 4 is 11.6 Å². The van der Waals surface area contributed by atoms with E-state index in [4.69, 9.17) is 25.8 Å². The van der Waals surface area contributed by atoms with Gasteiger partial charge in [-0.05, 0) is 0 Å². The van der Waals surface area contributed by atoms with Crippen molar-refractivity contribution < 1.29 is 14.2 Å². The average molecular weight is 263 g/mol. The molecule has 0 aliphatic carbocycles. The molecule has 0 fully saturated rings. The highest BCUT2D eigenvalue weighted by Crippen LogP contribution is 2.14. The van der Waals surface area contributed by atoms with E-state index in [1.165, 1.54) is 18.0 Å². The molecule has 7 heteroatoms. The van der Waals surface area contributed by atoms with Crippen LogP contribution in [0.1, 0.15) is 0 Å². The fraction of sp³-hybridized carbons (Fsp3) is 0.600. The monoisotopic (exact) mass is 262 g/mol. The number of rotatable bonds is 7. The highest BCUT2D eigenvalue weighted by atomic mass is 35.5. The SMILES string of the molecule is COCCOCCn1cnc(Cl)c(OC)c1=O. The predicted octanol–water partition coefficient (Wildman–Crippen LogP) is 0.568. The molecule has 0 atom stereocenters. The highest BCUT2D eigenvalue weighted by Gasteiger charge is 2.09. The molecule has 1 aromatic heterocycles. The second kappa shape index (κ2) is 7.26. The van der Waals surface area contributed by atoms with Gasteiger partial charge in [-0.25, -0.2) is 4.98 Å². The standard InChI is InChI=1S/C10H15ClN2O4/c1-15-5-6-17-4-3-13-7-12-9(11)8(16-2)10(13)14/h7H,3-6H2,1-2H3. The van der Waals surface area contributed by atoms with Crippen LogP contribution in [0.25, 0.3) is 0 Å². The molecular weight excluding hydrogens is 248 g/mol. The van der Waals surface area contributed by atoms with Crippen LogP contribution in [0.3, 0.4) is 0 Å². The lowest BCUT2D eigenvalue weighted by Crippen LogP contribution is -2.24. The van der Waals surface area contributed by atoms with Gasteiger partial charge >= 0.3 is 0 Å². The third kappa shape index (κ3) is 3.99. The number of aromatic nitrogens is 2. The zero-order chi connectivity index (χ0) is 12.7. The normalized spacial score (nSPS) is 10.5. The van der Waals surface area contributed by atoms with Crippen molar-refractivity contribution in [2.24, 2.45) is 0 Å². The fourth-order valence-corrected chi connectivity index (χ4v) is 1.39. The molecule has 0 aliphatic heterocycles. The van der Waals surface area contributed by atoms with E-state index in [0.29, 0.717) is 26.4 Å². The zero-order valence-corrected chi connectivity index (χ0v) is 10.6. The summed E-state index contributed by atoms with van der Waals surface area (Å²) in [4.78, 5) is 15.6. The molecule has 1 heterocycles. The minimum atomic E-state index is -0.317. The van der Waals surface area contributed by atoms with Crippen molar-refractivity contribution in [3.63, 3.8) is 0 Å². The van der Waals surface area contributed by atoms with Crippen molar-refractivity contribution in [3.05, 3.63) is 21.8 Å². The van der Waals surface area contributed by atoms with Crippen LogP contribution in [0, 0.1) is 0 Å². The minimum Gasteiger partial charge on any atom is -0.489 e. The van der Waals surface area contributed by atoms with Crippen LogP contribution in [-0.2, 0) is 16.0 Å². The number of halogens is 1. The summed E-state index contributed by atoms with van der Waals surface area (Å²) in [6.07, 6.45) is 1.37. The second-order valence-electron chi connectivity index (χ2n) is 3.17. The van der Waals surface area contributed by atoms with Gasteiger partial charge in [0.05, 0.1) is 39.8 Å². The molecule has 0 radical (unpaired) electrons. The van der Waals surface area contributed by atoms with Gasteiger partial charge in [-0.15, -0.1) is 0 Å². The summed E-state index contributed by atoms with van der Waals surface area (Å²) >= 11 is 5.71. The van der Waals surface area contributed by atoms with Crippen LogP contribution in [0.4, 0.5) is 0 Å². The van der Waals surface area contributed by atoms with Crippen LogP contribution in [0.2, 0.25) is 5.15 Å². The summed E-state index contributed by atoms with van der Waals surface area (Å²) in [6.45, 7) is 1.80. The van der Waals surface area contributed by atoms with Gasteiger partial charge in [0, 0.05) is 7.11 Å². The predicted molar refractivity (Wildman–Crippen MR) is 62.8 cm³/mol. The van der Waals surface area contributed by atoms with Crippen molar-refractivity contribution in [1.29, 1.82) is 0 Å². The summed E-state index contributed by atoms with van der Waals surface area (Å²) < 4.78 is 16.3. The molecule has 0 aliphatic rings. The van der Waals surface area contributed by atoms with E-state index in [1.54, 1.807) is 7.11 Å². The van der Waals surface area contributed by atoms with Crippen molar-refractivity contribution in [2.75, 3.05) is 34.0 Å². The van der Waals surface area contributed by atoms with Gasteiger partial charge in [-0.2, -0.15) is 0 Å². The van der Waals surface area contributed by atoms with E-state index in [9.17, 15) is 4.79 Å². The Kier molecular flexibility index (Phi) is 5.96. The van der Waals surface area contributed by atoms with Gasteiger partial charge in [0.2, 0.25) is 5.75 Å². The van der Waals surface area contributed by atoms with Gasteiger partial charge in [-0.3, -0.25) is 9.36 Å². The minimum absolute atomic E-state index is 0.0473. The Bertz CT molecular complexity index is 408. The van der Waals surface area contributed by atoms with E-state index in [0.717, 1.165) is 0 Å². The Morgan fingerprint density at radius 3 is 2.76 bits per heavy atom. The number of nitrogens with zero attached hydrogens (tertiary/aromatic N) is 2. The van der Waals surface area contributed by atoms with E-state index in [1.807, 2.05) is 0 Å². The summed E-state index contributed by atoms with van der Waals surface area (Å²) in [5.41, 5.74) is -0.317. The third-order valence-electron chi connectivity index (χ3n) is 2.07. The van der Waals surface area contributed by atoms with E-state index in [2.05, 4.69) is 4.98 Å². The number of methoxy groups -OCH3 is 2. The molecule has 0 bridgehead atoms. The van der Waals surface area contributed by atoms with E-state index >= 15 is 0 Å². The van der Waals surface area contributed by atoms with Gasteiger partial charge in [-0.1, -0.05) is 11.6 Å². The van der Waals surface area contributed by atoms with Crippen LogP contribution in [0.15, 0.2) is 11.1 Å². The topological polar surface area (TPSA) is 62.6 Å². The fourth-order valence-electron chi connectivity index (χ4n) is 1.19. The molecule has 0 amide bonds. The second-order valence-corrected chi connectivity index (χ2v) is 3.53. The molecule has 1 aromatic rings. The Balaban J connectivity index is 2.57. The largest absolute Gasteiger partial charge is 0.489 e. The molecule has 6 nitrogen and oxygen atoms in total. The molecule has 0 saturated heterocycles. The zero-order valence-electron chi connectivity index (χ0n) is 9.81. The van der Waals surface area contributed by atoms with Gasteiger partial charge in [0.1, 0.15) is 0 Å². The molecule has 0 aromatic carbocycles. The van der Waals surface area contributed by atoms with Gasteiger partial charge in [0.15, 0.2) is 5.15 Å². The summed E-state index contributed by atoms with van der Waals surface area (Å²) in [5, 5.41) is 0.0639. The van der Waals surface area contributed by atoms with E-state index < -0.39 is 0 Å². The lowest BCUT2D eigenvalue weighted by Gasteiger charge is -2.08. The molecular formula is C10H15ClN2O4. The van der Waals surface area contributed by atoms with Gasteiger partial charge in [0.25, 0.3) is 5.56 Å². The Labute approximate surface area is 104 Å². The van der Waals surface area contributed by atoms with Crippen molar-refractivity contribution in [2.45, 2.75) is 6.54 Å². The third-order valence-corrected chi connectivity index (χ3v) is 2.33. The lowest BCUT2D eigenvalue weighted by atomic mass is 10.5. The van der Waals surface area contributed by atoms with Crippen LogP contribution in [0.5, 0.6) is 5.75 Å². The molecule has 0 spiro atoms. The van der Waals surface area contributed by atoms with Gasteiger partial charge < -0.3 is 14.2 Å². The maximum atomic E-state index is 11.8. The number of ether oxygens (including phenoxy) is 3. The summed E-state index contributed by atoms with van der Waals surface area (Å²) in [5.74, 6) is 0.0473. The lowest BCUT2D eigenvalue weighted by molar-refractivity contribution is 0.0661. The van der Waals surface area contributed by atoms with Crippen molar-refractivity contribution in [3.8, 4) is 5.75 Å². The van der Waals surface area contributed by atoms with Crippen LogP contribution in [-0.4, -0.2) is 43.6 Å². The maximum Gasteiger partial charge on any atom is 0.297 e. The first-order valence-electron chi connectivity index (χ1n) is 5.06. The Hall–Kier alpha value is -1.11. The molecule has 1 rings (SSSR count). The first kappa shape index (κ1) is 14.0. The maximum absolute atomic E-state index is 11.8. The van der Waals surface area contributed by atoms with E-state index in [-0.39, 0.29) is 16.5 Å².